The van der Waals surface area contributed by atoms with Crippen LogP contribution < -0.4 is 10.6 Å². The molecule has 1 amide bonds. The van der Waals surface area contributed by atoms with Crippen molar-refractivity contribution in [1.29, 1.82) is 0 Å². The Morgan fingerprint density at radius 3 is 3.11 bits per heavy atom. The van der Waals surface area contributed by atoms with Gasteiger partial charge in [-0.25, -0.2) is 0 Å². The van der Waals surface area contributed by atoms with E-state index in [1.165, 1.54) is 23.1 Å². The van der Waals surface area contributed by atoms with Crippen LogP contribution in [0.2, 0.25) is 0 Å². The van der Waals surface area contributed by atoms with E-state index >= 15 is 0 Å². The van der Waals surface area contributed by atoms with Crippen molar-refractivity contribution in [3.05, 3.63) is 12.7 Å². The number of carbonyl (C=O) groups excluding carboxylic acids is 1. The van der Waals surface area contributed by atoms with Crippen LogP contribution in [0.4, 0.5) is 5.13 Å². The average molecular weight is 302 g/mol. The fourth-order valence-corrected chi connectivity index (χ4v) is 3.06. The number of anilines is 1. The van der Waals surface area contributed by atoms with Gasteiger partial charge in [0.2, 0.25) is 11.0 Å². The molecule has 0 unspecified atom stereocenters. The summed E-state index contributed by atoms with van der Waals surface area (Å²) in [6, 6.07) is 0. The van der Waals surface area contributed by atoms with Crippen molar-refractivity contribution in [1.82, 2.24) is 15.5 Å². The van der Waals surface area contributed by atoms with Gasteiger partial charge in [-0.3, -0.25) is 4.79 Å². The van der Waals surface area contributed by atoms with Crippen molar-refractivity contribution < 1.29 is 9.53 Å². The quantitative estimate of drug-likeness (QED) is 0.408. The van der Waals surface area contributed by atoms with Crippen molar-refractivity contribution in [3.63, 3.8) is 0 Å². The molecule has 0 radical (unpaired) electrons. The summed E-state index contributed by atoms with van der Waals surface area (Å²) in [5.41, 5.74) is 0. The highest BCUT2D eigenvalue weighted by molar-refractivity contribution is 8.02. The van der Waals surface area contributed by atoms with Gasteiger partial charge in [-0.2, -0.15) is 0 Å². The zero-order valence-electron chi connectivity index (χ0n) is 11.0. The van der Waals surface area contributed by atoms with Crippen LogP contribution in [-0.2, 0) is 9.53 Å². The number of nitrogens with one attached hydrogen (secondary N) is 2. The van der Waals surface area contributed by atoms with Gasteiger partial charge in [-0.05, 0) is 6.92 Å². The van der Waals surface area contributed by atoms with Crippen LogP contribution in [-0.4, -0.2) is 48.2 Å². The summed E-state index contributed by atoms with van der Waals surface area (Å²) in [6.45, 7) is 7.17. The predicted octanol–water partition coefficient (Wildman–Crippen LogP) is 1.38. The van der Waals surface area contributed by atoms with Gasteiger partial charge < -0.3 is 15.4 Å². The van der Waals surface area contributed by atoms with Gasteiger partial charge in [0, 0.05) is 20.2 Å². The molecule has 0 aliphatic heterocycles. The zero-order chi connectivity index (χ0) is 14.1. The molecule has 8 heteroatoms. The molecule has 0 spiro atoms. The first-order valence-corrected chi connectivity index (χ1v) is 7.48. The lowest BCUT2D eigenvalue weighted by molar-refractivity contribution is -0.120. The summed E-state index contributed by atoms with van der Waals surface area (Å²) in [4.78, 5) is 11.7. The van der Waals surface area contributed by atoms with Crippen LogP contribution >= 0.6 is 23.1 Å². The number of methoxy groups -OCH3 is 1. The van der Waals surface area contributed by atoms with Crippen LogP contribution in [0.25, 0.3) is 0 Å². The number of hydrogen-bond donors (Lipinski definition) is 2. The van der Waals surface area contributed by atoms with Crippen LogP contribution in [0.3, 0.4) is 0 Å². The van der Waals surface area contributed by atoms with Crippen molar-refractivity contribution >= 4 is 34.1 Å². The Labute approximate surface area is 121 Å². The van der Waals surface area contributed by atoms with E-state index in [9.17, 15) is 4.79 Å². The molecule has 0 aliphatic rings. The Kier molecular flexibility index (Phi) is 7.46. The normalized spacial score (nSPS) is 11.9. The van der Waals surface area contributed by atoms with E-state index in [1.807, 2.05) is 6.92 Å². The molecule has 0 saturated heterocycles. The first kappa shape index (κ1) is 15.9. The fraction of sp³-hybridized carbons (Fsp3) is 0.545. The monoisotopic (exact) mass is 302 g/mol. The van der Waals surface area contributed by atoms with Gasteiger partial charge >= 0.3 is 0 Å². The van der Waals surface area contributed by atoms with Crippen molar-refractivity contribution in [2.24, 2.45) is 0 Å². The first-order chi connectivity index (χ1) is 9.17. The molecular formula is C11H18N4O2S2. The number of nitrogens with zero attached hydrogens (tertiary/aromatic N) is 2. The SMILES string of the molecule is C=CCNC(=O)[C@H](C)Sc1nnc(NCCOC)s1. The molecule has 1 aromatic rings. The Morgan fingerprint density at radius 1 is 1.63 bits per heavy atom. The lowest BCUT2D eigenvalue weighted by atomic mass is 10.4. The smallest absolute Gasteiger partial charge is 0.233 e. The number of hydrogen-bond acceptors (Lipinski definition) is 7. The Morgan fingerprint density at radius 2 is 2.42 bits per heavy atom. The summed E-state index contributed by atoms with van der Waals surface area (Å²) >= 11 is 2.82. The Hall–Kier alpha value is -1.12. The highest BCUT2D eigenvalue weighted by Gasteiger charge is 2.16. The molecule has 6 nitrogen and oxygen atoms in total. The predicted molar refractivity (Wildman–Crippen MR) is 78.8 cm³/mol. The minimum Gasteiger partial charge on any atom is -0.383 e. The van der Waals surface area contributed by atoms with Crippen LogP contribution in [0.15, 0.2) is 17.0 Å². The topological polar surface area (TPSA) is 76.1 Å². The van der Waals surface area contributed by atoms with E-state index in [0.717, 1.165) is 9.47 Å². The van der Waals surface area contributed by atoms with Gasteiger partial charge in [0.05, 0.1) is 11.9 Å². The Balaban J connectivity index is 2.39. The number of carbonyl (C=O) groups is 1. The van der Waals surface area contributed by atoms with E-state index in [-0.39, 0.29) is 11.2 Å². The number of aromatic nitrogens is 2. The van der Waals surface area contributed by atoms with E-state index in [4.69, 9.17) is 4.74 Å². The highest BCUT2D eigenvalue weighted by atomic mass is 32.2. The first-order valence-electron chi connectivity index (χ1n) is 5.79. The highest BCUT2D eigenvalue weighted by Crippen LogP contribution is 2.28. The maximum absolute atomic E-state index is 11.7. The van der Waals surface area contributed by atoms with Crippen molar-refractivity contribution in [2.45, 2.75) is 16.5 Å². The number of rotatable bonds is 9. The second-order valence-corrected chi connectivity index (χ2v) is 6.15. The maximum Gasteiger partial charge on any atom is 0.233 e. The Bertz CT molecular complexity index is 411. The largest absolute Gasteiger partial charge is 0.383 e. The third-order valence-electron chi connectivity index (χ3n) is 2.06. The average Bonchev–Trinajstić information content (AvgIpc) is 2.83. The molecule has 1 rings (SSSR count). The van der Waals surface area contributed by atoms with Crippen molar-refractivity contribution in [3.8, 4) is 0 Å². The standard InChI is InChI=1S/C11H18N4O2S2/c1-4-5-12-9(16)8(2)18-11-15-14-10(19-11)13-6-7-17-3/h4,8H,1,5-7H2,2-3H3,(H,12,16)(H,13,14)/t8-/m0/s1. The van der Waals surface area contributed by atoms with E-state index in [0.29, 0.717) is 19.7 Å². The molecule has 0 aromatic carbocycles. The molecule has 0 bridgehead atoms. The van der Waals surface area contributed by atoms with Crippen LogP contribution in [0, 0.1) is 0 Å². The molecule has 1 atom stereocenters. The van der Waals surface area contributed by atoms with Gasteiger partial charge in [0.25, 0.3) is 0 Å². The number of amides is 1. The fourth-order valence-electron chi connectivity index (χ4n) is 1.11. The second kappa shape index (κ2) is 8.89. The summed E-state index contributed by atoms with van der Waals surface area (Å²) in [5.74, 6) is -0.0333. The van der Waals surface area contributed by atoms with Crippen molar-refractivity contribution in [2.75, 3.05) is 32.1 Å². The molecule has 0 saturated carbocycles. The van der Waals surface area contributed by atoms with Gasteiger partial charge in [-0.1, -0.05) is 29.2 Å². The molecule has 2 N–H and O–H groups in total. The van der Waals surface area contributed by atoms with E-state index in [1.54, 1.807) is 13.2 Å². The third-order valence-corrected chi connectivity index (χ3v) is 4.12. The summed E-state index contributed by atoms with van der Waals surface area (Å²) in [5, 5.41) is 14.4. The molecule has 0 fully saturated rings. The third kappa shape index (κ3) is 6.04. The van der Waals surface area contributed by atoms with Crippen LogP contribution in [0.5, 0.6) is 0 Å². The molecular weight excluding hydrogens is 284 g/mol. The molecule has 19 heavy (non-hydrogen) atoms. The minimum atomic E-state index is -0.209. The number of thioether (sulfide) groups is 1. The lowest BCUT2D eigenvalue weighted by Gasteiger charge is -2.07. The summed E-state index contributed by atoms with van der Waals surface area (Å²) in [7, 11) is 1.65. The number of ether oxygens (including phenoxy) is 1. The molecule has 106 valence electrons. The van der Waals surface area contributed by atoms with E-state index in [2.05, 4.69) is 27.4 Å². The van der Waals surface area contributed by atoms with Gasteiger partial charge in [0.15, 0.2) is 4.34 Å². The van der Waals surface area contributed by atoms with Gasteiger partial charge in [-0.15, -0.1) is 16.8 Å². The maximum atomic E-state index is 11.7. The molecule has 1 aromatic heterocycles. The second-order valence-electron chi connectivity index (χ2n) is 3.59. The molecule has 0 aliphatic carbocycles. The minimum absolute atomic E-state index is 0.0333. The summed E-state index contributed by atoms with van der Waals surface area (Å²) in [6.07, 6.45) is 1.65. The zero-order valence-corrected chi connectivity index (χ0v) is 12.6. The van der Waals surface area contributed by atoms with Crippen LogP contribution in [0.1, 0.15) is 6.92 Å². The van der Waals surface area contributed by atoms with Gasteiger partial charge in [0.1, 0.15) is 0 Å². The van der Waals surface area contributed by atoms with E-state index < -0.39 is 0 Å². The molecule has 1 heterocycles. The lowest BCUT2D eigenvalue weighted by Crippen LogP contribution is -2.30. The summed E-state index contributed by atoms with van der Waals surface area (Å²) < 4.78 is 5.70.